The van der Waals surface area contributed by atoms with Gasteiger partial charge in [0.15, 0.2) is 0 Å². The summed E-state index contributed by atoms with van der Waals surface area (Å²) in [6.07, 6.45) is 4.62. The van der Waals surface area contributed by atoms with E-state index in [-0.39, 0.29) is 0 Å². The lowest BCUT2D eigenvalue weighted by molar-refractivity contribution is 0.417. The van der Waals surface area contributed by atoms with Crippen LogP contribution in [0.5, 0.6) is 5.75 Å². The number of fused-ring (bicyclic) bond motifs is 2. The third kappa shape index (κ3) is 3.22. The van der Waals surface area contributed by atoms with Crippen molar-refractivity contribution < 1.29 is 4.74 Å². The molecule has 0 spiro atoms. The van der Waals surface area contributed by atoms with Crippen LogP contribution in [0.2, 0.25) is 10.0 Å². The van der Waals surface area contributed by atoms with E-state index >= 15 is 0 Å². The summed E-state index contributed by atoms with van der Waals surface area (Å²) in [5.74, 6) is 0.786. The zero-order valence-corrected chi connectivity index (χ0v) is 17.1. The van der Waals surface area contributed by atoms with Crippen molar-refractivity contribution in [2.24, 2.45) is 5.73 Å². The molecule has 0 fully saturated rings. The highest BCUT2D eigenvalue weighted by atomic mass is 35.5. The van der Waals surface area contributed by atoms with Gasteiger partial charge in [0, 0.05) is 22.5 Å². The van der Waals surface area contributed by atoms with Gasteiger partial charge in [-0.25, -0.2) is 0 Å². The van der Waals surface area contributed by atoms with Crippen LogP contribution in [0.15, 0.2) is 42.6 Å². The highest BCUT2D eigenvalue weighted by Gasteiger charge is 2.21. The lowest BCUT2D eigenvalue weighted by Gasteiger charge is -2.13. The van der Waals surface area contributed by atoms with Crippen molar-refractivity contribution in [1.29, 1.82) is 0 Å². The fourth-order valence-corrected chi connectivity index (χ4v) is 4.11. The Balaban J connectivity index is 2.04. The SMILES string of the molecule is COc1ccc2ncccc2c1-c1[nH]c2c(Cl)c(Cl)ccc2c1CCCCN. The minimum atomic E-state index is 0.530. The number of methoxy groups -OCH3 is 1. The van der Waals surface area contributed by atoms with Crippen molar-refractivity contribution in [3.8, 4) is 17.0 Å². The minimum Gasteiger partial charge on any atom is -0.496 e. The van der Waals surface area contributed by atoms with Crippen LogP contribution in [0.4, 0.5) is 0 Å². The number of nitrogens with zero attached hydrogens (tertiary/aromatic N) is 1. The molecule has 4 rings (SSSR count). The Hall–Kier alpha value is -2.27. The summed E-state index contributed by atoms with van der Waals surface area (Å²) in [4.78, 5) is 8.03. The van der Waals surface area contributed by atoms with Gasteiger partial charge < -0.3 is 15.5 Å². The molecule has 0 amide bonds. The van der Waals surface area contributed by atoms with Gasteiger partial charge >= 0.3 is 0 Å². The van der Waals surface area contributed by atoms with Gasteiger partial charge in [-0.15, -0.1) is 0 Å². The number of H-pyrrole nitrogens is 1. The highest BCUT2D eigenvalue weighted by molar-refractivity contribution is 6.45. The summed E-state index contributed by atoms with van der Waals surface area (Å²) in [5.41, 5.74) is 10.6. The molecule has 2 aromatic heterocycles. The van der Waals surface area contributed by atoms with Crippen molar-refractivity contribution in [1.82, 2.24) is 9.97 Å². The first-order valence-electron chi connectivity index (χ1n) is 9.26. The average Bonchev–Trinajstić information content (AvgIpc) is 3.09. The molecule has 0 radical (unpaired) electrons. The van der Waals surface area contributed by atoms with Gasteiger partial charge in [0.25, 0.3) is 0 Å². The van der Waals surface area contributed by atoms with Gasteiger partial charge in [0.05, 0.1) is 33.9 Å². The number of rotatable bonds is 6. The fourth-order valence-electron chi connectivity index (χ4n) is 3.74. The van der Waals surface area contributed by atoms with Crippen LogP contribution >= 0.6 is 23.2 Å². The van der Waals surface area contributed by atoms with Crippen LogP contribution in [-0.4, -0.2) is 23.6 Å². The standard InChI is InChI=1S/C22H21Cl2N3O/c1-28-18-10-9-17-15(6-4-12-26-17)19(18)21-13(5-2-3-11-25)14-7-8-16(23)20(24)22(14)27-21/h4,6-10,12,27H,2-3,5,11,25H2,1H3. The maximum absolute atomic E-state index is 6.53. The van der Waals surface area contributed by atoms with Crippen molar-refractivity contribution in [3.63, 3.8) is 0 Å². The summed E-state index contributed by atoms with van der Waals surface area (Å²) >= 11 is 12.8. The summed E-state index contributed by atoms with van der Waals surface area (Å²) in [6, 6.07) is 11.8. The Morgan fingerprint density at radius 3 is 2.71 bits per heavy atom. The normalized spacial score (nSPS) is 11.4. The van der Waals surface area contributed by atoms with Crippen LogP contribution < -0.4 is 10.5 Å². The molecule has 144 valence electrons. The quantitative estimate of drug-likeness (QED) is 0.382. The van der Waals surface area contributed by atoms with Gasteiger partial charge in [0.2, 0.25) is 0 Å². The monoisotopic (exact) mass is 413 g/mol. The van der Waals surface area contributed by atoms with Gasteiger partial charge in [-0.05, 0) is 55.6 Å². The summed E-state index contributed by atoms with van der Waals surface area (Å²) in [7, 11) is 1.68. The van der Waals surface area contributed by atoms with Crippen LogP contribution in [-0.2, 0) is 6.42 Å². The Bertz CT molecular complexity index is 1150. The molecule has 0 bridgehead atoms. The van der Waals surface area contributed by atoms with Gasteiger partial charge in [0.1, 0.15) is 5.75 Å². The van der Waals surface area contributed by atoms with Crippen LogP contribution in [0, 0.1) is 0 Å². The van der Waals surface area contributed by atoms with Gasteiger partial charge in [-0.1, -0.05) is 35.3 Å². The van der Waals surface area contributed by atoms with E-state index in [1.165, 1.54) is 5.56 Å². The number of hydrogen-bond acceptors (Lipinski definition) is 3. The molecule has 0 atom stereocenters. The molecule has 0 aliphatic rings. The van der Waals surface area contributed by atoms with E-state index in [2.05, 4.69) is 16.0 Å². The molecule has 4 nitrogen and oxygen atoms in total. The molecule has 28 heavy (non-hydrogen) atoms. The molecule has 0 aliphatic carbocycles. The Morgan fingerprint density at radius 1 is 1.07 bits per heavy atom. The third-order valence-corrected chi connectivity index (χ3v) is 5.87. The van der Waals surface area contributed by atoms with E-state index in [4.69, 9.17) is 33.7 Å². The minimum absolute atomic E-state index is 0.530. The molecule has 4 aromatic rings. The number of pyridine rings is 1. The molecule has 2 aromatic carbocycles. The number of nitrogens with two attached hydrogens (primary N) is 1. The molecule has 0 saturated heterocycles. The van der Waals surface area contributed by atoms with Crippen molar-refractivity contribution in [2.45, 2.75) is 19.3 Å². The van der Waals surface area contributed by atoms with Gasteiger partial charge in [-0.3, -0.25) is 4.98 Å². The number of unbranched alkanes of at least 4 members (excludes halogenated alkanes) is 1. The van der Waals surface area contributed by atoms with Crippen LogP contribution in [0.1, 0.15) is 18.4 Å². The number of ether oxygens (including phenoxy) is 1. The molecule has 2 heterocycles. The predicted molar refractivity (Wildman–Crippen MR) is 118 cm³/mol. The molecule has 3 N–H and O–H groups in total. The summed E-state index contributed by atoms with van der Waals surface area (Å²) in [6.45, 7) is 0.672. The zero-order chi connectivity index (χ0) is 19.7. The van der Waals surface area contributed by atoms with Crippen molar-refractivity contribution in [3.05, 3.63) is 58.2 Å². The van der Waals surface area contributed by atoms with E-state index in [1.54, 1.807) is 13.3 Å². The maximum Gasteiger partial charge on any atom is 0.128 e. The number of aryl methyl sites for hydroxylation is 1. The van der Waals surface area contributed by atoms with E-state index < -0.39 is 0 Å². The number of aromatic amines is 1. The first-order chi connectivity index (χ1) is 13.7. The number of aromatic nitrogens is 2. The number of nitrogens with one attached hydrogen (secondary N) is 1. The Kier molecular flexibility index (Phi) is 5.44. The second kappa shape index (κ2) is 8.00. The summed E-state index contributed by atoms with van der Waals surface area (Å²) < 4.78 is 5.71. The first kappa shape index (κ1) is 19.1. The topological polar surface area (TPSA) is 63.9 Å². The Labute approximate surface area is 173 Å². The van der Waals surface area contributed by atoms with E-state index in [0.717, 1.165) is 58.1 Å². The number of hydrogen-bond donors (Lipinski definition) is 2. The molecular formula is C22H21Cl2N3O. The second-order valence-electron chi connectivity index (χ2n) is 6.72. The number of benzene rings is 2. The maximum atomic E-state index is 6.53. The lowest BCUT2D eigenvalue weighted by atomic mass is 9.97. The molecule has 6 heteroatoms. The van der Waals surface area contributed by atoms with Crippen molar-refractivity contribution >= 4 is 45.0 Å². The van der Waals surface area contributed by atoms with Crippen molar-refractivity contribution in [2.75, 3.05) is 13.7 Å². The predicted octanol–water partition coefficient (Wildman–Crippen LogP) is 5.98. The van der Waals surface area contributed by atoms with Gasteiger partial charge in [-0.2, -0.15) is 0 Å². The third-order valence-electron chi connectivity index (χ3n) is 5.07. The lowest BCUT2D eigenvalue weighted by Crippen LogP contribution is -2.00. The largest absolute Gasteiger partial charge is 0.496 e. The first-order valence-corrected chi connectivity index (χ1v) is 10.0. The van der Waals surface area contributed by atoms with Crippen LogP contribution in [0.3, 0.4) is 0 Å². The summed E-state index contributed by atoms with van der Waals surface area (Å²) in [5, 5.41) is 3.16. The molecule has 0 aliphatic heterocycles. The van der Waals surface area contributed by atoms with E-state index in [0.29, 0.717) is 16.6 Å². The second-order valence-corrected chi connectivity index (χ2v) is 7.51. The number of halogens is 2. The zero-order valence-electron chi connectivity index (χ0n) is 15.6. The highest BCUT2D eigenvalue weighted by Crippen LogP contribution is 2.43. The molecule has 0 unspecified atom stereocenters. The van der Waals surface area contributed by atoms with Crippen LogP contribution in [0.25, 0.3) is 33.1 Å². The fraction of sp³-hybridized carbons (Fsp3) is 0.227. The van der Waals surface area contributed by atoms with E-state index in [9.17, 15) is 0 Å². The Morgan fingerprint density at radius 2 is 1.93 bits per heavy atom. The van der Waals surface area contributed by atoms with E-state index in [1.807, 2.05) is 30.3 Å². The smallest absolute Gasteiger partial charge is 0.128 e. The average molecular weight is 414 g/mol. The molecular weight excluding hydrogens is 393 g/mol. The molecule has 0 saturated carbocycles.